The molecule has 0 saturated carbocycles. The zero-order chi connectivity index (χ0) is 20.1. The van der Waals surface area contributed by atoms with Crippen molar-refractivity contribution in [3.05, 3.63) is 59.0 Å². The van der Waals surface area contributed by atoms with E-state index in [1.54, 1.807) is 12.1 Å². The third-order valence-corrected chi connectivity index (χ3v) is 5.01. The number of rotatable bonds is 5. The number of methoxy groups -OCH3 is 1. The van der Waals surface area contributed by atoms with Gasteiger partial charge >= 0.3 is 5.97 Å². The van der Waals surface area contributed by atoms with Crippen molar-refractivity contribution in [1.29, 1.82) is 0 Å². The molecule has 0 spiro atoms. The Morgan fingerprint density at radius 1 is 1.21 bits per heavy atom. The van der Waals surface area contributed by atoms with Gasteiger partial charge in [-0.25, -0.2) is 14.2 Å². The van der Waals surface area contributed by atoms with E-state index < -0.39 is 11.8 Å². The quantitative estimate of drug-likeness (QED) is 0.798. The highest BCUT2D eigenvalue weighted by molar-refractivity contribution is 5.94. The fraction of sp³-hybridized carbons (Fsp3) is 0.381. The van der Waals surface area contributed by atoms with E-state index in [4.69, 9.17) is 0 Å². The fourth-order valence-corrected chi connectivity index (χ4v) is 3.16. The minimum atomic E-state index is -0.519. The molecule has 1 saturated heterocycles. The largest absolute Gasteiger partial charge is 0.465 e. The second kappa shape index (κ2) is 8.82. The van der Waals surface area contributed by atoms with Crippen LogP contribution in [0.2, 0.25) is 0 Å². The van der Waals surface area contributed by atoms with Crippen LogP contribution in [0.4, 0.5) is 10.2 Å². The predicted molar refractivity (Wildman–Crippen MR) is 104 cm³/mol. The molecule has 0 radical (unpaired) electrons. The molecule has 2 aromatic rings. The zero-order valence-electron chi connectivity index (χ0n) is 16.1. The van der Waals surface area contributed by atoms with Crippen LogP contribution >= 0.6 is 0 Å². The van der Waals surface area contributed by atoms with Crippen LogP contribution in [-0.4, -0.2) is 42.0 Å². The van der Waals surface area contributed by atoms with E-state index in [0.29, 0.717) is 22.9 Å². The molecule has 148 valence electrons. The summed E-state index contributed by atoms with van der Waals surface area (Å²) in [4.78, 5) is 30.2. The Morgan fingerprint density at radius 2 is 1.93 bits per heavy atom. The number of nitrogens with one attached hydrogen (secondary N) is 1. The van der Waals surface area contributed by atoms with Crippen molar-refractivity contribution < 1.29 is 18.7 Å². The number of esters is 1. The van der Waals surface area contributed by atoms with Crippen molar-refractivity contribution in [3.8, 4) is 0 Å². The highest BCUT2D eigenvalue weighted by atomic mass is 19.1. The average Bonchev–Trinajstić information content (AvgIpc) is 2.73. The molecule has 1 aromatic heterocycles. The second-order valence-corrected chi connectivity index (χ2v) is 7.06. The fourth-order valence-electron chi connectivity index (χ4n) is 3.16. The lowest BCUT2D eigenvalue weighted by molar-refractivity contribution is 0.0600. The third kappa shape index (κ3) is 4.65. The topological polar surface area (TPSA) is 71.5 Å². The molecule has 7 heteroatoms. The first kappa shape index (κ1) is 19.8. The first-order valence-corrected chi connectivity index (χ1v) is 9.34. The van der Waals surface area contributed by atoms with Crippen LogP contribution in [0.1, 0.15) is 46.0 Å². The van der Waals surface area contributed by atoms with Crippen LogP contribution in [0.3, 0.4) is 0 Å². The monoisotopic (exact) mass is 385 g/mol. The van der Waals surface area contributed by atoms with Gasteiger partial charge in [0.15, 0.2) is 0 Å². The summed E-state index contributed by atoms with van der Waals surface area (Å²) in [5.41, 5.74) is 1.15. The number of halogens is 1. The van der Waals surface area contributed by atoms with Crippen LogP contribution in [0.5, 0.6) is 0 Å². The van der Waals surface area contributed by atoms with Gasteiger partial charge in [-0.15, -0.1) is 0 Å². The van der Waals surface area contributed by atoms with Gasteiger partial charge in [-0.1, -0.05) is 6.92 Å². The Kier molecular flexibility index (Phi) is 6.23. The summed E-state index contributed by atoms with van der Waals surface area (Å²) in [5.74, 6) is 0.224. The third-order valence-electron chi connectivity index (χ3n) is 5.01. The number of likely N-dealkylation sites (tertiary alicyclic amines) is 1. The normalized spacial score (nSPS) is 14.6. The molecule has 1 N–H and O–H groups in total. The SMILES string of the molecule is COC(=O)c1ccc(F)c(CNc2ccc(C(=O)N3CCC(C)CC3)cn2)c1. The van der Waals surface area contributed by atoms with Crippen molar-refractivity contribution in [1.82, 2.24) is 9.88 Å². The van der Waals surface area contributed by atoms with Gasteiger partial charge in [-0.05, 0) is 49.1 Å². The van der Waals surface area contributed by atoms with E-state index in [9.17, 15) is 14.0 Å². The maximum absolute atomic E-state index is 14.0. The Labute approximate surface area is 163 Å². The molecule has 1 amide bonds. The van der Waals surface area contributed by atoms with Gasteiger partial charge in [-0.2, -0.15) is 0 Å². The molecule has 1 fully saturated rings. The van der Waals surface area contributed by atoms with Gasteiger partial charge in [0, 0.05) is 31.4 Å². The molecular weight excluding hydrogens is 361 g/mol. The number of carbonyl (C=O) groups excluding carboxylic acids is 2. The predicted octanol–water partition coefficient (Wildman–Crippen LogP) is 3.49. The number of hydrogen-bond donors (Lipinski definition) is 1. The standard InChI is InChI=1S/C21H24FN3O3/c1-14-7-9-25(10-8-14)20(26)16-4-6-19(23-12-16)24-13-17-11-15(21(27)28-2)3-5-18(17)22/h3-6,11-12,14H,7-10,13H2,1-2H3,(H,23,24). The van der Waals surface area contributed by atoms with E-state index in [2.05, 4.69) is 22.0 Å². The number of anilines is 1. The average molecular weight is 385 g/mol. The van der Waals surface area contributed by atoms with Crippen LogP contribution in [-0.2, 0) is 11.3 Å². The van der Waals surface area contributed by atoms with Crippen molar-refractivity contribution in [2.45, 2.75) is 26.3 Å². The summed E-state index contributed by atoms with van der Waals surface area (Å²) in [6, 6.07) is 7.48. The molecule has 3 rings (SSSR count). The van der Waals surface area contributed by atoms with Crippen molar-refractivity contribution in [3.63, 3.8) is 0 Å². The maximum atomic E-state index is 14.0. The molecule has 6 nitrogen and oxygen atoms in total. The number of piperidine rings is 1. The summed E-state index contributed by atoms with van der Waals surface area (Å²) in [7, 11) is 1.28. The zero-order valence-corrected chi connectivity index (χ0v) is 16.1. The molecule has 1 aromatic carbocycles. The molecule has 1 aliphatic heterocycles. The van der Waals surface area contributed by atoms with Gasteiger partial charge in [0.2, 0.25) is 0 Å². The Hall–Kier alpha value is -2.96. The summed E-state index contributed by atoms with van der Waals surface area (Å²) in [5, 5.41) is 3.01. The van der Waals surface area contributed by atoms with Crippen LogP contribution < -0.4 is 5.32 Å². The lowest BCUT2D eigenvalue weighted by Gasteiger charge is -2.30. The Bertz CT molecular complexity index is 846. The van der Waals surface area contributed by atoms with Crippen LogP contribution in [0.25, 0.3) is 0 Å². The van der Waals surface area contributed by atoms with E-state index in [1.165, 1.54) is 31.5 Å². The number of amides is 1. The van der Waals surface area contributed by atoms with Gasteiger partial charge in [-0.3, -0.25) is 4.79 Å². The molecule has 0 bridgehead atoms. The van der Waals surface area contributed by atoms with Gasteiger partial charge in [0.1, 0.15) is 11.6 Å². The minimum absolute atomic E-state index is 0.0113. The van der Waals surface area contributed by atoms with Gasteiger partial charge in [0.25, 0.3) is 5.91 Å². The number of hydrogen-bond acceptors (Lipinski definition) is 5. The molecule has 28 heavy (non-hydrogen) atoms. The molecule has 0 aliphatic carbocycles. The van der Waals surface area contributed by atoms with Crippen LogP contribution in [0.15, 0.2) is 36.5 Å². The summed E-state index contributed by atoms with van der Waals surface area (Å²) in [6.07, 6.45) is 3.58. The number of benzene rings is 1. The van der Waals surface area contributed by atoms with E-state index in [0.717, 1.165) is 25.9 Å². The first-order chi connectivity index (χ1) is 13.5. The number of carbonyl (C=O) groups is 2. The maximum Gasteiger partial charge on any atom is 0.337 e. The van der Waals surface area contributed by atoms with Crippen molar-refractivity contribution >= 4 is 17.7 Å². The smallest absolute Gasteiger partial charge is 0.337 e. The molecule has 2 heterocycles. The first-order valence-electron chi connectivity index (χ1n) is 9.34. The summed E-state index contributed by atoms with van der Waals surface area (Å²) < 4.78 is 18.6. The minimum Gasteiger partial charge on any atom is -0.465 e. The number of nitrogens with zero attached hydrogens (tertiary/aromatic N) is 2. The van der Waals surface area contributed by atoms with E-state index in [1.807, 2.05) is 4.90 Å². The molecule has 0 atom stereocenters. The molecular formula is C21H24FN3O3. The Morgan fingerprint density at radius 3 is 2.57 bits per heavy atom. The highest BCUT2D eigenvalue weighted by Crippen LogP contribution is 2.19. The van der Waals surface area contributed by atoms with Gasteiger partial charge in [0.05, 0.1) is 18.2 Å². The van der Waals surface area contributed by atoms with Crippen LogP contribution in [0, 0.1) is 11.7 Å². The van der Waals surface area contributed by atoms with E-state index in [-0.39, 0.29) is 18.0 Å². The lowest BCUT2D eigenvalue weighted by Crippen LogP contribution is -2.37. The number of pyridine rings is 1. The van der Waals surface area contributed by atoms with E-state index >= 15 is 0 Å². The highest BCUT2D eigenvalue weighted by Gasteiger charge is 2.21. The lowest BCUT2D eigenvalue weighted by atomic mass is 9.99. The number of aromatic nitrogens is 1. The van der Waals surface area contributed by atoms with Crippen molar-refractivity contribution in [2.75, 3.05) is 25.5 Å². The molecule has 1 aliphatic rings. The Balaban J connectivity index is 1.62. The van der Waals surface area contributed by atoms with Crippen molar-refractivity contribution in [2.24, 2.45) is 5.92 Å². The number of ether oxygens (including phenoxy) is 1. The molecule has 0 unspecified atom stereocenters. The second-order valence-electron chi connectivity index (χ2n) is 7.06. The van der Waals surface area contributed by atoms with Gasteiger partial charge < -0.3 is 15.0 Å². The summed E-state index contributed by atoms with van der Waals surface area (Å²) in [6.45, 7) is 3.90. The summed E-state index contributed by atoms with van der Waals surface area (Å²) >= 11 is 0.